The van der Waals surface area contributed by atoms with Crippen LogP contribution in [0.25, 0.3) is 11.4 Å². The molecule has 1 aromatic carbocycles. The van der Waals surface area contributed by atoms with Gasteiger partial charge in [0.2, 0.25) is 5.13 Å². The van der Waals surface area contributed by atoms with Gasteiger partial charge >= 0.3 is 6.18 Å². The predicted molar refractivity (Wildman–Crippen MR) is 87.5 cm³/mol. The second-order valence-electron chi connectivity index (χ2n) is 4.76. The number of anilines is 1. The topological polar surface area (TPSA) is 67.8 Å². The van der Waals surface area contributed by atoms with E-state index in [2.05, 4.69) is 19.7 Å². The highest BCUT2D eigenvalue weighted by molar-refractivity contribution is 7.10. The van der Waals surface area contributed by atoms with E-state index in [1.165, 1.54) is 36.5 Å². The summed E-state index contributed by atoms with van der Waals surface area (Å²) in [5.41, 5.74) is -0.885. The largest absolute Gasteiger partial charge is 0.417 e. The van der Waals surface area contributed by atoms with Gasteiger partial charge in [-0.15, -0.1) is 0 Å². The van der Waals surface area contributed by atoms with Crippen molar-refractivity contribution in [1.29, 1.82) is 0 Å². The van der Waals surface area contributed by atoms with Gasteiger partial charge in [-0.2, -0.15) is 22.5 Å². The number of halogens is 4. The molecule has 25 heavy (non-hydrogen) atoms. The number of hydrogen-bond acceptors (Lipinski definition) is 5. The first kappa shape index (κ1) is 17.3. The number of rotatable bonds is 3. The molecule has 128 valence electrons. The second-order valence-corrected chi connectivity index (χ2v) is 5.87. The third-order valence-corrected chi connectivity index (χ3v) is 4.06. The molecule has 0 spiro atoms. The van der Waals surface area contributed by atoms with E-state index in [9.17, 15) is 18.0 Å². The summed E-state index contributed by atoms with van der Waals surface area (Å²) in [6.07, 6.45) is -3.11. The van der Waals surface area contributed by atoms with E-state index in [1.54, 1.807) is 0 Å². The standard InChI is InChI=1S/C15H8ClF3N4OS/c16-11-9(5-3-7-20-11)13(24)22-14-21-12(23-25-14)8-4-1-2-6-10(8)15(17,18)19/h1-7H,(H,21,22,23,24). The molecule has 0 saturated carbocycles. The minimum Gasteiger partial charge on any atom is -0.296 e. The SMILES string of the molecule is O=C(Nc1nc(-c2ccccc2C(F)(F)F)ns1)c1cccnc1Cl. The third kappa shape index (κ3) is 3.77. The summed E-state index contributed by atoms with van der Waals surface area (Å²) in [5.74, 6) is -0.699. The lowest BCUT2D eigenvalue weighted by Gasteiger charge is -2.09. The molecule has 10 heteroatoms. The molecule has 2 aromatic heterocycles. The molecule has 0 radical (unpaired) electrons. The molecule has 3 aromatic rings. The van der Waals surface area contributed by atoms with E-state index in [4.69, 9.17) is 11.6 Å². The Morgan fingerprint density at radius 1 is 1.16 bits per heavy atom. The quantitative estimate of drug-likeness (QED) is 0.674. The van der Waals surface area contributed by atoms with Gasteiger partial charge in [-0.05, 0) is 18.2 Å². The molecule has 5 nitrogen and oxygen atoms in total. The van der Waals surface area contributed by atoms with Crippen LogP contribution in [0.15, 0.2) is 42.6 Å². The van der Waals surface area contributed by atoms with Crippen molar-refractivity contribution < 1.29 is 18.0 Å². The van der Waals surface area contributed by atoms with Crippen LogP contribution in [0.1, 0.15) is 15.9 Å². The van der Waals surface area contributed by atoms with E-state index in [0.717, 1.165) is 17.6 Å². The summed E-state index contributed by atoms with van der Waals surface area (Å²) in [5, 5.41) is 2.51. The van der Waals surface area contributed by atoms with E-state index in [0.29, 0.717) is 0 Å². The molecule has 1 amide bonds. The fourth-order valence-electron chi connectivity index (χ4n) is 2.03. The zero-order valence-corrected chi connectivity index (χ0v) is 13.8. The molecule has 0 fully saturated rings. The number of nitrogens with one attached hydrogen (secondary N) is 1. The number of hydrogen-bond donors (Lipinski definition) is 1. The van der Waals surface area contributed by atoms with Crippen molar-refractivity contribution in [3.05, 3.63) is 58.9 Å². The monoisotopic (exact) mass is 384 g/mol. The van der Waals surface area contributed by atoms with Crippen LogP contribution < -0.4 is 5.32 Å². The molecule has 0 saturated heterocycles. The minimum atomic E-state index is -4.53. The zero-order chi connectivity index (χ0) is 18.0. The molecule has 0 atom stereocenters. The average Bonchev–Trinajstić information content (AvgIpc) is 3.03. The average molecular weight is 385 g/mol. The van der Waals surface area contributed by atoms with Gasteiger partial charge in [0.1, 0.15) is 5.15 Å². The maximum atomic E-state index is 13.1. The lowest BCUT2D eigenvalue weighted by atomic mass is 10.1. The molecule has 0 bridgehead atoms. The molecular formula is C15H8ClF3N4OS. The number of aromatic nitrogens is 3. The van der Waals surface area contributed by atoms with Crippen molar-refractivity contribution in [2.45, 2.75) is 6.18 Å². The van der Waals surface area contributed by atoms with Gasteiger partial charge < -0.3 is 0 Å². The Labute approximate surface area is 148 Å². The van der Waals surface area contributed by atoms with Crippen LogP contribution in [0.4, 0.5) is 18.3 Å². The fraction of sp³-hybridized carbons (Fsp3) is 0.0667. The van der Waals surface area contributed by atoms with Crippen LogP contribution in [0.2, 0.25) is 5.15 Å². The molecule has 1 N–H and O–H groups in total. The maximum absolute atomic E-state index is 13.1. The zero-order valence-electron chi connectivity index (χ0n) is 12.2. The molecule has 2 heterocycles. The van der Waals surface area contributed by atoms with Gasteiger partial charge in [0, 0.05) is 23.3 Å². The summed E-state index contributed by atoms with van der Waals surface area (Å²) in [4.78, 5) is 19.9. The maximum Gasteiger partial charge on any atom is 0.417 e. The Morgan fingerprint density at radius 3 is 2.64 bits per heavy atom. The van der Waals surface area contributed by atoms with Gasteiger partial charge in [0.25, 0.3) is 5.91 Å². The van der Waals surface area contributed by atoms with E-state index in [1.807, 2.05) is 0 Å². The van der Waals surface area contributed by atoms with Crippen LogP contribution >= 0.6 is 23.1 Å². The van der Waals surface area contributed by atoms with Crippen LogP contribution in [-0.2, 0) is 6.18 Å². The van der Waals surface area contributed by atoms with E-state index >= 15 is 0 Å². The molecule has 0 aliphatic carbocycles. The molecule has 0 unspecified atom stereocenters. The first-order chi connectivity index (χ1) is 11.9. The number of alkyl halides is 3. The van der Waals surface area contributed by atoms with E-state index in [-0.39, 0.29) is 27.2 Å². The molecular weight excluding hydrogens is 377 g/mol. The van der Waals surface area contributed by atoms with Gasteiger partial charge in [-0.1, -0.05) is 29.8 Å². The molecule has 3 rings (SSSR count). The van der Waals surface area contributed by atoms with Crippen molar-refractivity contribution in [1.82, 2.24) is 14.3 Å². The minimum absolute atomic E-state index is 0.00663. The molecule has 0 aliphatic heterocycles. The first-order valence-corrected chi connectivity index (χ1v) is 7.93. The number of nitrogens with zero attached hydrogens (tertiary/aromatic N) is 3. The lowest BCUT2D eigenvalue weighted by molar-refractivity contribution is -0.137. The highest BCUT2D eigenvalue weighted by atomic mass is 35.5. The van der Waals surface area contributed by atoms with Crippen LogP contribution in [0.5, 0.6) is 0 Å². The summed E-state index contributed by atoms with van der Waals surface area (Å²) < 4.78 is 43.1. The van der Waals surface area contributed by atoms with E-state index < -0.39 is 17.6 Å². The summed E-state index contributed by atoms with van der Waals surface area (Å²) >= 11 is 6.60. The summed E-state index contributed by atoms with van der Waals surface area (Å²) in [7, 11) is 0. The van der Waals surface area contributed by atoms with Crippen molar-refractivity contribution in [2.75, 3.05) is 5.32 Å². The number of carbonyl (C=O) groups is 1. The summed E-state index contributed by atoms with van der Waals surface area (Å²) in [6.45, 7) is 0. The normalized spacial score (nSPS) is 11.4. The first-order valence-electron chi connectivity index (χ1n) is 6.78. The Morgan fingerprint density at radius 2 is 1.92 bits per heavy atom. The van der Waals surface area contributed by atoms with Gasteiger partial charge in [0.15, 0.2) is 5.82 Å². The number of pyridine rings is 1. The fourth-order valence-corrected chi connectivity index (χ4v) is 2.81. The van der Waals surface area contributed by atoms with Gasteiger partial charge in [-0.25, -0.2) is 4.98 Å². The highest BCUT2D eigenvalue weighted by Gasteiger charge is 2.34. The number of amides is 1. The Bertz CT molecular complexity index is 929. The smallest absolute Gasteiger partial charge is 0.296 e. The van der Waals surface area contributed by atoms with Gasteiger partial charge in [0.05, 0.1) is 11.1 Å². The molecule has 0 aliphatic rings. The van der Waals surface area contributed by atoms with Crippen molar-refractivity contribution in [3.8, 4) is 11.4 Å². The van der Waals surface area contributed by atoms with Gasteiger partial charge in [-0.3, -0.25) is 10.1 Å². The predicted octanol–water partition coefficient (Wildman–Crippen LogP) is 4.52. The third-order valence-electron chi connectivity index (χ3n) is 3.12. The van der Waals surface area contributed by atoms with Crippen LogP contribution in [-0.4, -0.2) is 20.2 Å². The van der Waals surface area contributed by atoms with Crippen molar-refractivity contribution >= 4 is 34.2 Å². The second kappa shape index (κ2) is 6.77. The lowest BCUT2D eigenvalue weighted by Crippen LogP contribution is -2.12. The number of benzene rings is 1. The Hall–Kier alpha value is -2.52. The Kier molecular flexibility index (Phi) is 4.69. The van der Waals surface area contributed by atoms with Crippen molar-refractivity contribution in [2.24, 2.45) is 0 Å². The Balaban J connectivity index is 1.87. The van der Waals surface area contributed by atoms with Crippen LogP contribution in [0.3, 0.4) is 0 Å². The van der Waals surface area contributed by atoms with Crippen molar-refractivity contribution in [3.63, 3.8) is 0 Å². The number of carbonyl (C=O) groups excluding carboxylic acids is 1. The summed E-state index contributed by atoms with van der Waals surface area (Å²) in [6, 6.07) is 7.96. The van der Waals surface area contributed by atoms with Crippen LogP contribution in [0, 0.1) is 0 Å². The highest BCUT2D eigenvalue weighted by Crippen LogP contribution is 2.36.